The van der Waals surface area contributed by atoms with Crippen LogP contribution < -0.4 is 4.90 Å². The fourth-order valence-electron chi connectivity index (χ4n) is 7.50. The van der Waals surface area contributed by atoms with Gasteiger partial charge in [-0.25, -0.2) is 0 Å². The van der Waals surface area contributed by atoms with E-state index in [4.69, 9.17) is 4.42 Å². The summed E-state index contributed by atoms with van der Waals surface area (Å²) in [6.07, 6.45) is 7.59. The van der Waals surface area contributed by atoms with E-state index < -0.39 is 0 Å². The molecule has 2 nitrogen and oxygen atoms in total. The Labute approximate surface area is 265 Å². The maximum atomic E-state index is 6.19. The van der Waals surface area contributed by atoms with Crippen molar-refractivity contribution in [1.82, 2.24) is 0 Å². The van der Waals surface area contributed by atoms with Gasteiger partial charge < -0.3 is 9.32 Å². The zero-order chi connectivity index (χ0) is 30.1. The molecule has 0 spiro atoms. The molecule has 2 heteroatoms. The highest BCUT2D eigenvalue weighted by Crippen LogP contribution is 2.45. The number of fused-ring (bicyclic) bond motifs is 3. The third-order valence-electron chi connectivity index (χ3n) is 9.81. The molecule has 1 aliphatic carbocycles. The van der Waals surface area contributed by atoms with E-state index in [1.165, 1.54) is 60.8 Å². The maximum absolute atomic E-state index is 6.19. The number of hydrogen-bond acceptors (Lipinski definition) is 2. The molecule has 0 radical (unpaired) electrons. The lowest BCUT2D eigenvalue weighted by atomic mass is 9.69. The van der Waals surface area contributed by atoms with Crippen molar-refractivity contribution >= 4 is 39.0 Å². The summed E-state index contributed by atoms with van der Waals surface area (Å²) in [7, 11) is 0. The van der Waals surface area contributed by atoms with Gasteiger partial charge in [0.25, 0.3) is 0 Å². The molecular formula is C43H37NO. The third kappa shape index (κ3) is 5.11. The molecule has 1 aromatic heterocycles. The van der Waals surface area contributed by atoms with Crippen molar-refractivity contribution in [2.75, 3.05) is 4.90 Å². The van der Waals surface area contributed by atoms with Gasteiger partial charge in [-0.05, 0) is 83.6 Å². The van der Waals surface area contributed by atoms with E-state index in [1.807, 2.05) is 12.1 Å². The molecule has 1 saturated carbocycles. The Morgan fingerprint density at radius 2 is 0.956 bits per heavy atom. The van der Waals surface area contributed by atoms with Crippen LogP contribution in [0.25, 0.3) is 33.1 Å². The third-order valence-corrected chi connectivity index (χ3v) is 9.81. The largest absolute Gasteiger partial charge is 0.456 e. The molecule has 0 atom stereocenters. The van der Waals surface area contributed by atoms with Gasteiger partial charge in [0.15, 0.2) is 0 Å². The summed E-state index contributed by atoms with van der Waals surface area (Å²) in [5.41, 5.74) is 10.6. The van der Waals surface area contributed by atoms with E-state index in [0.29, 0.717) is 0 Å². The predicted molar refractivity (Wildman–Crippen MR) is 189 cm³/mol. The number of anilines is 3. The first kappa shape index (κ1) is 27.5. The van der Waals surface area contributed by atoms with E-state index in [-0.39, 0.29) is 5.41 Å². The van der Waals surface area contributed by atoms with Gasteiger partial charge in [-0.3, -0.25) is 0 Å². The molecule has 0 unspecified atom stereocenters. The summed E-state index contributed by atoms with van der Waals surface area (Å²) in [5.74, 6) is 0. The highest BCUT2D eigenvalue weighted by molar-refractivity contribution is 6.06. The lowest BCUT2D eigenvalue weighted by Gasteiger charge is -2.35. The minimum Gasteiger partial charge on any atom is -0.456 e. The molecular weight excluding hydrogens is 546 g/mol. The Morgan fingerprint density at radius 3 is 1.67 bits per heavy atom. The summed E-state index contributed by atoms with van der Waals surface area (Å²) >= 11 is 0. The summed E-state index contributed by atoms with van der Waals surface area (Å²) in [4.78, 5) is 2.38. The lowest BCUT2D eigenvalue weighted by Crippen LogP contribution is -2.27. The molecule has 1 heterocycles. The van der Waals surface area contributed by atoms with Crippen LogP contribution in [0, 0.1) is 0 Å². The monoisotopic (exact) mass is 583 g/mol. The minimum absolute atomic E-state index is 0.0626. The molecule has 7 aromatic rings. The molecule has 0 bridgehead atoms. The Hall–Kier alpha value is -5.08. The fourth-order valence-corrected chi connectivity index (χ4v) is 7.50. The topological polar surface area (TPSA) is 16.4 Å². The molecule has 0 amide bonds. The average molecular weight is 584 g/mol. The van der Waals surface area contributed by atoms with Gasteiger partial charge in [0.1, 0.15) is 11.2 Å². The number of benzene rings is 6. The highest BCUT2D eigenvalue weighted by Gasteiger charge is 2.34. The van der Waals surface area contributed by atoms with Gasteiger partial charge in [-0.2, -0.15) is 0 Å². The van der Waals surface area contributed by atoms with Crippen LogP contribution >= 0.6 is 0 Å². The van der Waals surface area contributed by atoms with Crippen LogP contribution in [-0.4, -0.2) is 0 Å². The van der Waals surface area contributed by atoms with Crippen molar-refractivity contribution in [2.24, 2.45) is 0 Å². The summed E-state index contributed by atoms with van der Waals surface area (Å²) in [5, 5.41) is 2.27. The number of rotatable bonds is 6. The van der Waals surface area contributed by atoms with Crippen LogP contribution in [0.1, 0.15) is 49.7 Å². The Kier molecular flexibility index (Phi) is 7.19. The molecule has 6 aromatic carbocycles. The first-order valence-electron chi connectivity index (χ1n) is 16.3. The number of furan rings is 1. The summed E-state index contributed by atoms with van der Waals surface area (Å²) < 4.78 is 6.19. The number of para-hydroxylation sites is 1. The molecule has 1 fully saturated rings. The Bertz CT molecular complexity index is 2030. The van der Waals surface area contributed by atoms with E-state index in [0.717, 1.165) is 39.0 Å². The van der Waals surface area contributed by atoms with Crippen molar-refractivity contribution in [3.05, 3.63) is 163 Å². The fraction of sp³-hybridized carbons (Fsp3) is 0.163. The molecule has 0 saturated heterocycles. The van der Waals surface area contributed by atoms with Crippen molar-refractivity contribution in [3.63, 3.8) is 0 Å². The van der Waals surface area contributed by atoms with Crippen LogP contribution in [0.4, 0.5) is 17.1 Å². The van der Waals surface area contributed by atoms with Gasteiger partial charge in [0, 0.05) is 33.2 Å². The number of nitrogens with zero attached hydrogens (tertiary/aromatic N) is 1. The van der Waals surface area contributed by atoms with Gasteiger partial charge in [-0.1, -0.05) is 129 Å². The Morgan fingerprint density at radius 1 is 0.422 bits per heavy atom. The van der Waals surface area contributed by atoms with Crippen LogP contribution in [0.2, 0.25) is 0 Å². The standard InChI is InChI=1S/C43H37NO/c1-2-12-30-43(29-11-1,34-15-7-4-8-16-34)35-21-25-37(26-22-35)44(36-23-19-33(20-24-36)32-13-5-3-6-14-32)38-27-28-42-40(31-38)39-17-9-10-18-41(39)45-42/h3-10,13-28,31H,1-2,11-12,29-30H2. The average Bonchev–Trinajstić information content (AvgIpc) is 3.29. The van der Waals surface area contributed by atoms with Crippen molar-refractivity contribution in [3.8, 4) is 11.1 Å². The number of hydrogen-bond donors (Lipinski definition) is 0. The Balaban J connectivity index is 1.24. The zero-order valence-electron chi connectivity index (χ0n) is 25.5. The molecule has 1 aliphatic rings. The first-order chi connectivity index (χ1) is 22.3. The smallest absolute Gasteiger partial charge is 0.135 e. The van der Waals surface area contributed by atoms with Crippen LogP contribution in [0.15, 0.2) is 156 Å². The lowest BCUT2D eigenvalue weighted by molar-refractivity contribution is 0.446. The predicted octanol–water partition coefficient (Wildman–Crippen LogP) is 12.4. The maximum Gasteiger partial charge on any atom is 0.135 e. The van der Waals surface area contributed by atoms with Crippen molar-refractivity contribution in [1.29, 1.82) is 0 Å². The van der Waals surface area contributed by atoms with E-state index in [2.05, 4.69) is 144 Å². The zero-order valence-corrected chi connectivity index (χ0v) is 25.5. The first-order valence-corrected chi connectivity index (χ1v) is 16.3. The SMILES string of the molecule is c1ccc(-c2ccc(N(c3ccc(C4(c5ccccc5)CCCCCC4)cc3)c3ccc4oc5ccccc5c4c3)cc2)cc1. The normalized spacial score (nSPS) is 14.8. The van der Waals surface area contributed by atoms with Crippen LogP contribution in [0.3, 0.4) is 0 Å². The second-order valence-corrected chi connectivity index (χ2v) is 12.4. The second kappa shape index (κ2) is 11.8. The van der Waals surface area contributed by atoms with Gasteiger partial charge in [0.05, 0.1) is 0 Å². The van der Waals surface area contributed by atoms with E-state index >= 15 is 0 Å². The highest BCUT2D eigenvalue weighted by atomic mass is 16.3. The van der Waals surface area contributed by atoms with Crippen LogP contribution in [0.5, 0.6) is 0 Å². The van der Waals surface area contributed by atoms with Crippen molar-refractivity contribution in [2.45, 2.75) is 43.9 Å². The molecule has 8 rings (SSSR count). The van der Waals surface area contributed by atoms with E-state index in [9.17, 15) is 0 Å². The molecule has 220 valence electrons. The van der Waals surface area contributed by atoms with Crippen molar-refractivity contribution < 1.29 is 4.42 Å². The molecule has 0 N–H and O–H groups in total. The van der Waals surface area contributed by atoms with Gasteiger partial charge in [0.2, 0.25) is 0 Å². The quantitative estimate of drug-likeness (QED) is 0.181. The molecule has 45 heavy (non-hydrogen) atoms. The van der Waals surface area contributed by atoms with E-state index in [1.54, 1.807) is 0 Å². The van der Waals surface area contributed by atoms with Gasteiger partial charge in [-0.15, -0.1) is 0 Å². The van der Waals surface area contributed by atoms with Gasteiger partial charge >= 0.3 is 0 Å². The minimum atomic E-state index is 0.0626. The summed E-state index contributed by atoms with van der Waals surface area (Å²) in [6, 6.07) is 55.1. The molecule has 0 aliphatic heterocycles. The summed E-state index contributed by atoms with van der Waals surface area (Å²) in [6.45, 7) is 0. The van der Waals surface area contributed by atoms with Crippen LogP contribution in [-0.2, 0) is 5.41 Å². The second-order valence-electron chi connectivity index (χ2n) is 12.4.